The minimum atomic E-state index is -0.763. The summed E-state index contributed by atoms with van der Waals surface area (Å²) in [5, 5.41) is 25.5. The lowest BCUT2D eigenvalue weighted by Crippen LogP contribution is -2.50. The van der Waals surface area contributed by atoms with Crippen LogP contribution in [0.2, 0.25) is 0 Å². The molecule has 3 N–H and O–H groups in total. The highest BCUT2D eigenvalue weighted by Crippen LogP contribution is 2.11. The molecule has 0 aliphatic heterocycles. The zero-order valence-electron chi connectivity index (χ0n) is 17.6. The number of rotatable bonds is 11. The number of nitriles is 1. The van der Waals surface area contributed by atoms with Gasteiger partial charge in [0.25, 0.3) is 0 Å². The molecule has 0 bridgehead atoms. The molecule has 0 heterocycles. The molecule has 0 aliphatic rings. The topological polar surface area (TPSA) is 94.4 Å². The van der Waals surface area contributed by atoms with Crippen LogP contribution in [0.1, 0.15) is 52.5 Å². The molecule has 3 atom stereocenters. The number of aliphatic hydroxyl groups is 1. The minimum absolute atomic E-state index is 0.357. The molecular formula is C22H35N3O3. The maximum Gasteiger partial charge on any atom is 0.407 e. The Morgan fingerprint density at radius 2 is 1.93 bits per heavy atom. The molecule has 1 aromatic rings. The summed E-state index contributed by atoms with van der Waals surface area (Å²) in [5.41, 5.74) is 0.433. The number of hydrogen-bond donors (Lipinski definition) is 3. The maximum atomic E-state index is 12.2. The van der Waals surface area contributed by atoms with Crippen molar-refractivity contribution in [2.45, 2.75) is 71.1 Å². The zero-order chi connectivity index (χ0) is 21.0. The number of aliphatic hydroxyl groups excluding tert-OH is 1. The van der Waals surface area contributed by atoms with Crippen LogP contribution in [0, 0.1) is 17.2 Å². The van der Waals surface area contributed by atoms with Crippen LogP contribution in [0.25, 0.3) is 0 Å². The molecule has 0 spiro atoms. The predicted octanol–water partition coefficient (Wildman–Crippen LogP) is 3.40. The fourth-order valence-electron chi connectivity index (χ4n) is 2.91. The van der Waals surface area contributed by atoms with Gasteiger partial charge in [-0.3, -0.25) is 0 Å². The number of carbonyl (C=O) groups is 1. The van der Waals surface area contributed by atoms with Crippen LogP contribution in [0.5, 0.6) is 0 Å². The van der Waals surface area contributed by atoms with Gasteiger partial charge in [-0.2, -0.15) is 5.26 Å². The normalized spacial score (nSPS) is 14.6. The quantitative estimate of drug-likeness (QED) is 0.539. The molecule has 156 valence electrons. The third kappa shape index (κ3) is 10.3. The van der Waals surface area contributed by atoms with E-state index in [1.165, 1.54) is 0 Å². The van der Waals surface area contributed by atoms with Gasteiger partial charge in [-0.1, -0.05) is 43.7 Å². The van der Waals surface area contributed by atoms with E-state index in [0.29, 0.717) is 25.3 Å². The van der Waals surface area contributed by atoms with Crippen molar-refractivity contribution in [1.29, 1.82) is 5.26 Å². The van der Waals surface area contributed by atoms with Gasteiger partial charge >= 0.3 is 6.09 Å². The van der Waals surface area contributed by atoms with E-state index < -0.39 is 23.8 Å². The van der Waals surface area contributed by atoms with Gasteiger partial charge in [0.1, 0.15) is 5.60 Å². The number of alkyl carbamates (subject to hydrolysis) is 1. The van der Waals surface area contributed by atoms with Gasteiger partial charge in [0.15, 0.2) is 0 Å². The number of carbonyl (C=O) groups excluding carboxylic acids is 1. The van der Waals surface area contributed by atoms with Crippen molar-refractivity contribution in [2.24, 2.45) is 5.92 Å². The lowest BCUT2D eigenvalue weighted by Gasteiger charge is -2.27. The van der Waals surface area contributed by atoms with Crippen LogP contribution in [-0.2, 0) is 11.2 Å². The van der Waals surface area contributed by atoms with E-state index in [9.17, 15) is 9.90 Å². The Hall–Kier alpha value is -2.10. The number of hydrogen-bond acceptors (Lipinski definition) is 5. The van der Waals surface area contributed by atoms with Gasteiger partial charge < -0.3 is 20.5 Å². The molecule has 1 aromatic carbocycles. The van der Waals surface area contributed by atoms with E-state index in [-0.39, 0.29) is 0 Å². The van der Waals surface area contributed by atoms with Gasteiger partial charge in [-0.15, -0.1) is 0 Å². The molecule has 1 rings (SSSR count). The summed E-state index contributed by atoms with van der Waals surface area (Å²) in [6.07, 6.45) is 1.58. The lowest BCUT2D eigenvalue weighted by atomic mass is 9.99. The molecule has 1 amide bonds. The molecule has 0 saturated heterocycles. The Bertz CT molecular complexity index is 608. The van der Waals surface area contributed by atoms with E-state index in [4.69, 9.17) is 10.00 Å². The van der Waals surface area contributed by atoms with Crippen molar-refractivity contribution in [3.63, 3.8) is 0 Å². The SMILES string of the molecule is CCC(CCC#N)CNC[C@@H](O)[C@H](Cc1ccccc1)NC(=O)OC(C)(C)C. The summed E-state index contributed by atoms with van der Waals surface area (Å²) in [6.45, 7) is 8.62. The monoisotopic (exact) mass is 389 g/mol. The highest BCUT2D eigenvalue weighted by molar-refractivity contribution is 5.68. The first kappa shape index (κ1) is 23.9. The van der Waals surface area contributed by atoms with E-state index in [2.05, 4.69) is 23.6 Å². The van der Waals surface area contributed by atoms with Gasteiger partial charge in [-0.25, -0.2) is 4.79 Å². The Labute approximate surface area is 169 Å². The molecule has 6 nitrogen and oxygen atoms in total. The van der Waals surface area contributed by atoms with Gasteiger partial charge in [0.2, 0.25) is 0 Å². The lowest BCUT2D eigenvalue weighted by molar-refractivity contribution is 0.0421. The van der Waals surface area contributed by atoms with Crippen LogP contribution in [0.15, 0.2) is 30.3 Å². The molecular weight excluding hydrogens is 354 g/mol. The third-order valence-electron chi connectivity index (χ3n) is 4.49. The minimum Gasteiger partial charge on any atom is -0.444 e. The van der Waals surface area contributed by atoms with E-state index in [1.807, 2.05) is 51.1 Å². The number of benzene rings is 1. The third-order valence-corrected chi connectivity index (χ3v) is 4.49. The number of ether oxygens (including phenoxy) is 1. The van der Waals surface area contributed by atoms with E-state index >= 15 is 0 Å². The standard InChI is InChI=1S/C22H35N3O3/c1-5-17(12-9-13-23)15-24-16-20(26)19(14-18-10-7-6-8-11-18)25-21(27)28-22(2,3)4/h6-8,10-11,17,19-20,24,26H,5,9,12,14-16H2,1-4H3,(H,25,27)/t17?,19-,20+/m0/s1. The highest BCUT2D eigenvalue weighted by Gasteiger charge is 2.25. The van der Waals surface area contributed by atoms with Crippen LogP contribution in [0.4, 0.5) is 4.79 Å². The summed E-state index contributed by atoms with van der Waals surface area (Å²) >= 11 is 0. The first-order valence-electron chi connectivity index (χ1n) is 10.0. The first-order chi connectivity index (χ1) is 13.2. The van der Waals surface area contributed by atoms with Gasteiger partial charge in [0, 0.05) is 13.0 Å². The number of amides is 1. The molecule has 0 aliphatic carbocycles. The average molecular weight is 390 g/mol. The van der Waals surface area contributed by atoms with Crippen molar-refractivity contribution in [1.82, 2.24) is 10.6 Å². The summed E-state index contributed by atoms with van der Waals surface area (Å²) in [6, 6.07) is 11.5. The molecule has 0 radical (unpaired) electrons. The Balaban J connectivity index is 2.66. The summed E-state index contributed by atoms with van der Waals surface area (Å²) < 4.78 is 5.35. The fourth-order valence-corrected chi connectivity index (χ4v) is 2.91. The Morgan fingerprint density at radius 1 is 1.25 bits per heavy atom. The predicted molar refractivity (Wildman–Crippen MR) is 111 cm³/mol. The van der Waals surface area contributed by atoms with Crippen molar-refractivity contribution < 1.29 is 14.6 Å². The summed E-state index contributed by atoms with van der Waals surface area (Å²) in [4.78, 5) is 12.2. The summed E-state index contributed by atoms with van der Waals surface area (Å²) in [7, 11) is 0. The Morgan fingerprint density at radius 3 is 2.50 bits per heavy atom. The van der Waals surface area contributed by atoms with Crippen LogP contribution >= 0.6 is 0 Å². The first-order valence-corrected chi connectivity index (χ1v) is 10.0. The zero-order valence-corrected chi connectivity index (χ0v) is 17.6. The molecule has 1 unspecified atom stereocenters. The van der Waals surface area contributed by atoms with Crippen molar-refractivity contribution in [3.05, 3.63) is 35.9 Å². The number of nitrogens with one attached hydrogen (secondary N) is 2. The van der Waals surface area contributed by atoms with Crippen molar-refractivity contribution in [3.8, 4) is 6.07 Å². The summed E-state index contributed by atoms with van der Waals surface area (Å²) in [5.74, 6) is 0.401. The molecule has 0 fully saturated rings. The maximum absolute atomic E-state index is 12.2. The van der Waals surface area contributed by atoms with Gasteiger partial charge in [0.05, 0.1) is 18.2 Å². The largest absolute Gasteiger partial charge is 0.444 e. The molecule has 0 aromatic heterocycles. The fraction of sp³-hybridized carbons (Fsp3) is 0.636. The smallest absolute Gasteiger partial charge is 0.407 e. The molecule has 0 saturated carbocycles. The second-order valence-electron chi connectivity index (χ2n) is 8.14. The average Bonchev–Trinajstić information content (AvgIpc) is 2.63. The van der Waals surface area contributed by atoms with E-state index in [1.54, 1.807) is 0 Å². The van der Waals surface area contributed by atoms with Crippen LogP contribution in [0.3, 0.4) is 0 Å². The van der Waals surface area contributed by atoms with Gasteiger partial charge in [-0.05, 0) is 51.6 Å². The number of nitrogens with zero attached hydrogens (tertiary/aromatic N) is 1. The molecule has 6 heteroatoms. The molecule has 28 heavy (non-hydrogen) atoms. The van der Waals surface area contributed by atoms with E-state index in [0.717, 1.165) is 24.9 Å². The van der Waals surface area contributed by atoms with Crippen molar-refractivity contribution >= 4 is 6.09 Å². The van der Waals surface area contributed by atoms with Crippen LogP contribution < -0.4 is 10.6 Å². The van der Waals surface area contributed by atoms with Crippen molar-refractivity contribution in [2.75, 3.05) is 13.1 Å². The Kier molecular flexibility index (Phi) is 10.6. The highest BCUT2D eigenvalue weighted by atomic mass is 16.6. The second kappa shape index (κ2) is 12.4. The van der Waals surface area contributed by atoms with Crippen LogP contribution in [-0.4, -0.2) is 42.0 Å². The second-order valence-corrected chi connectivity index (χ2v) is 8.14.